The molecule has 0 radical (unpaired) electrons. The van der Waals surface area contributed by atoms with Crippen molar-refractivity contribution in [2.24, 2.45) is 0 Å². The van der Waals surface area contributed by atoms with Crippen LogP contribution in [0.2, 0.25) is 0 Å². The first-order valence-electron chi connectivity index (χ1n) is 10.0. The number of ether oxygens (including phenoxy) is 1. The highest BCUT2D eigenvalue weighted by atomic mass is 16.5. The molecule has 1 aliphatic heterocycles. The number of rotatable bonds is 4. The van der Waals surface area contributed by atoms with Crippen LogP contribution in [0.15, 0.2) is 52.9 Å². The van der Waals surface area contributed by atoms with Gasteiger partial charge in [-0.05, 0) is 56.2 Å². The lowest BCUT2D eigenvalue weighted by molar-refractivity contribution is -0.142. The van der Waals surface area contributed by atoms with Gasteiger partial charge in [0.1, 0.15) is 17.3 Å². The summed E-state index contributed by atoms with van der Waals surface area (Å²) in [7, 11) is 1.36. The van der Waals surface area contributed by atoms with Gasteiger partial charge in [-0.1, -0.05) is 30.3 Å². The number of aliphatic hydroxyl groups is 1. The van der Waals surface area contributed by atoms with Crippen molar-refractivity contribution in [3.05, 3.63) is 82.3 Å². The standard InChI is InChI=1S/C25H25NO5/c1-14(19-13-15(2)31-16(19)3)12-17-10-11-20-21(22(17)27)25(29,18-8-6-5-7-9-18)23(30-4)24(28)26-20/h5-13,23,27,29H,1-4H3,(H,26,28)/b14-12+. The van der Waals surface area contributed by atoms with E-state index in [9.17, 15) is 15.0 Å². The maximum atomic E-state index is 12.7. The highest BCUT2D eigenvalue weighted by Gasteiger charge is 2.51. The summed E-state index contributed by atoms with van der Waals surface area (Å²) in [5.74, 6) is 0.989. The Morgan fingerprint density at radius 3 is 2.52 bits per heavy atom. The van der Waals surface area contributed by atoms with Gasteiger partial charge in [-0.15, -0.1) is 0 Å². The fraction of sp³-hybridized carbons (Fsp3) is 0.240. The number of phenolic OH excluding ortho intramolecular Hbond substituents is 1. The van der Waals surface area contributed by atoms with Gasteiger partial charge in [0.2, 0.25) is 0 Å². The Bertz CT molecular complexity index is 1180. The summed E-state index contributed by atoms with van der Waals surface area (Å²) >= 11 is 0. The van der Waals surface area contributed by atoms with Crippen molar-refractivity contribution in [3.63, 3.8) is 0 Å². The van der Waals surface area contributed by atoms with Gasteiger partial charge in [0.25, 0.3) is 5.91 Å². The second-order valence-electron chi connectivity index (χ2n) is 7.82. The average Bonchev–Trinajstić information content (AvgIpc) is 3.08. The van der Waals surface area contributed by atoms with Gasteiger partial charge in [-0.3, -0.25) is 4.79 Å². The zero-order chi connectivity index (χ0) is 22.3. The lowest BCUT2D eigenvalue weighted by Crippen LogP contribution is -2.52. The number of methoxy groups -OCH3 is 1. The molecule has 4 rings (SSSR count). The SMILES string of the molecule is COC1C(=O)Nc2ccc(/C=C(\C)c3cc(C)oc3C)c(O)c2C1(O)c1ccccc1. The molecule has 31 heavy (non-hydrogen) atoms. The van der Waals surface area contributed by atoms with Crippen LogP contribution in [0.5, 0.6) is 5.75 Å². The smallest absolute Gasteiger partial charge is 0.257 e. The monoisotopic (exact) mass is 419 g/mol. The van der Waals surface area contributed by atoms with Crippen LogP contribution in [-0.4, -0.2) is 29.3 Å². The molecule has 1 aliphatic rings. The first-order valence-corrected chi connectivity index (χ1v) is 10.0. The van der Waals surface area contributed by atoms with Crippen molar-refractivity contribution in [2.75, 3.05) is 12.4 Å². The van der Waals surface area contributed by atoms with E-state index in [1.165, 1.54) is 7.11 Å². The molecule has 0 saturated carbocycles. The minimum Gasteiger partial charge on any atom is -0.507 e. The van der Waals surface area contributed by atoms with E-state index in [-0.39, 0.29) is 11.3 Å². The van der Waals surface area contributed by atoms with Crippen LogP contribution >= 0.6 is 0 Å². The number of aromatic hydroxyl groups is 1. The van der Waals surface area contributed by atoms with Gasteiger partial charge < -0.3 is 24.7 Å². The number of benzene rings is 2. The van der Waals surface area contributed by atoms with Crippen molar-refractivity contribution in [3.8, 4) is 5.75 Å². The molecule has 2 aromatic carbocycles. The molecule has 0 aliphatic carbocycles. The first-order chi connectivity index (χ1) is 14.8. The number of hydrogen-bond donors (Lipinski definition) is 3. The van der Waals surface area contributed by atoms with Crippen molar-refractivity contribution < 1.29 is 24.2 Å². The predicted molar refractivity (Wildman–Crippen MR) is 119 cm³/mol. The maximum Gasteiger partial charge on any atom is 0.257 e. The number of fused-ring (bicyclic) bond motifs is 1. The molecule has 0 bridgehead atoms. The molecule has 6 heteroatoms. The minimum atomic E-state index is -1.86. The Hall–Kier alpha value is -3.35. The Labute approximate surface area is 180 Å². The third-order valence-electron chi connectivity index (χ3n) is 5.75. The normalized spacial score (nSPS) is 21.0. The Morgan fingerprint density at radius 1 is 1.19 bits per heavy atom. The summed E-state index contributed by atoms with van der Waals surface area (Å²) < 4.78 is 11.0. The number of hydrogen-bond acceptors (Lipinski definition) is 5. The number of amides is 1. The highest BCUT2D eigenvalue weighted by Crippen LogP contribution is 2.48. The van der Waals surface area contributed by atoms with Crippen LogP contribution in [0.1, 0.15) is 40.7 Å². The van der Waals surface area contributed by atoms with Crippen LogP contribution in [0.25, 0.3) is 11.6 Å². The minimum absolute atomic E-state index is 0.122. The van der Waals surface area contributed by atoms with Gasteiger partial charge in [0.05, 0.1) is 11.3 Å². The summed E-state index contributed by atoms with van der Waals surface area (Å²) in [4.78, 5) is 12.7. The number of anilines is 1. The van der Waals surface area contributed by atoms with E-state index in [1.807, 2.05) is 39.0 Å². The van der Waals surface area contributed by atoms with E-state index in [1.54, 1.807) is 36.4 Å². The number of carbonyl (C=O) groups excluding carboxylic acids is 1. The number of aryl methyl sites for hydroxylation is 2. The second-order valence-corrected chi connectivity index (χ2v) is 7.82. The van der Waals surface area contributed by atoms with E-state index in [2.05, 4.69) is 5.32 Å². The third-order valence-corrected chi connectivity index (χ3v) is 5.75. The van der Waals surface area contributed by atoms with Crippen molar-refractivity contribution in [1.82, 2.24) is 0 Å². The molecule has 2 atom stereocenters. The van der Waals surface area contributed by atoms with Gasteiger partial charge in [-0.2, -0.15) is 0 Å². The maximum absolute atomic E-state index is 12.7. The number of carbonyl (C=O) groups is 1. The van der Waals surface area contributed by atoms with Crippen LogP contribution in [0.3, 0.4) is 0 Å². The molecule has 160 valence electrons. The van der Waals surface area contributed by atoms with E-state index in [0.29, 0.717) is 16.8 Å². The zero-order valence-electron chi connectivity index (χ0n) is 17.9. The molecule has 2 unspecified atom stereocenters. The van der Waals surface area contributed by atoms with E-state index in [4.69, 9.17) is 9.15 Å². The topological polar surface area (TPSA) is 91.9 Å². The van der Waals surface area contributed by atoms with Gasteiger partial charge in [0.15, 0.2) is 11.7 Å². The summed E-state index contributed by atoms with van der Waals surface area (Å²) in [5, 5.41) is 25.8. The molecule has 3 aromatic rings. The Morgan fingerprint density at radius 2 is 1.90 bits per heavy atom. The predicted octanol–water partition coefficient (Wildman–Crippen LogP) is 4.37. The Balaban J connectivity index is 1.92. The summed E-state index contributed by atoms with van der Waals surface area (Å²) in [6, 6.07) is 14.1. The van der Waals surface area contributed by atoms with Crippen molar-refractivity contribution in [1.29, 1.82) is 0 Å². The average molecular weight is 419 g/mol. The lowest BCUT2D eigenvalue weighted by Gasteiger charge is -2.40. The zero-order valence-corrected chi connectivity index (χ0v) is 17.9. The summed E-state index contributed by atoms with van der Waals surface area (Å²) in [6.07, 6.45) is 0.601. The van der Waals surface area contributed by atoms with Gasteiger partial charge >= 0.3 is 0 Å². The number of nitrogens with one attached hydrogen (secondary N) is 1. The molecular formula is C25H25NO5. The van der Waals surface area contributed by atoms with Crippen LogP contribution in [0.4, 0.5) is 5.69 Å². The first kappa shape index (κ1) is 20.9. The number of allylic oxidation sites excluding steroid dienone is 1. The molecule has 3 N–H and O–H groups in total. The van der Waals surface area contributed by atoms with Gasteiger partial charge in [0, 0.05) is 18.2 Å². The lowest BCUT2D eigenvalue weighted by atomic mass is 9.76. The molecule has 2 heterocycles. The van der Waals surface area contributed by atoms with E-state index < -0.39 is 17.6 Å². The Kier molecular flexibility index (Phi) is 5.21. The van der Waals surface area contributed by atoms with Crippen LogP contribution < -0.4 is 5.32 Å². The molecule has 1 aromatic heterocycles. The molecule has 0 saturated heterocycles. The molecule has 0 fully saturated rings. The highest BCUT2D eigenvalue weighted by molar-refractivity contribution is 6.01. The number of phenols is 1. The molecule has 0 spiro atoms. The third kappa shape index (κ3) is 3.34. The summed E-state index contributed by atoms with van der Waals surface area (Å²) in [6.45, 7) is 5.70. The van der Waals surface area contributed by atoms with E-state index in [0.717, 1.165) is 22.7 Å². The second kappa shape index (κ2) is 7.72. The fourth-order valence-electron chi connectivity index (χ4n) is 4.33. The van der Waals surface area contributed by atoms with Crippen molar-refractivity contribution in [2.45, 2.75) is 32.5 Å². The van der Waals surface area contributed by atoms with Crippen molar-refractivity contribution >= 4 is 23.2 Å². The van der Waals surface area contributed by atoms with Gasteiger partial charge in [-0.25, -0.2) is 0 Å². The largest absolute Gasteiger partial charge is 0.507 e. The molecule has 1 amide bonds. The van der Waals surface area contributed by atoms with Crippen LogP contribution in [-0.2, 0) is 15.1 Å². The quantitative estimate of drug-likeness (QED) is 0.584. The fourth-order valence-corrected chi connectivity index (χ4v) is 4.33. The molecular weight excluding hydrogens is 394 g/mol. The van der Waals surface area contributed by atoms with E-state index >= 15 is 0 Å². The van der Waals surface area contributed by atoms with Crippen LogP contribution in [0, 0.1) is 13.8 Å². The number of furan rings is 1. The summed E-state index contributed by atoms with van der Waals surface area (Å²) in [5.41, 5.74) is 1.48. The molecule has 6 nitrogen and oxygen atoms in total.